The second-order valence-electron chi connectivity index (χ2n) is 3.87. The molecule has 0 aliphatic rings. The number of aromatic nitrogens is 2. The van der Waals surface area contributed by atoms with Crippen molar-refractivity contribution in [1.29, 1.82) is 0 Å². The minimum absolute atomic E-state index is 0.0485. The van der Waals surface area contributed by atoms with Crippen molar-refractivity contribution in [2.24, 2.45) is 7.05 Å². The van der Waals surface area contributed by atoms with Crippen LogP contribution in [-0.2, 0) is 7.05 Å². The molecule has 7 nitrogen and oxygen atoms in total. The number of carboxylic acid groups (broad SMARTS) is 1. The van der Waals surface area contributed by atoms with E-state index in [1.165, 1.54) is 31.3 Å². The standard InChI is InChI=1S/C12H10N2O5/c1-13-9(15)6-10(16)14(12(13)19)8-4-2-7(3-5-8)11(17)18/h2-6,15H,1H3,(H,17,18). The first-order valence-corrected chi connectivity index (χ1v) is 5.27. The Hall–Kier alpha value is -2.83. The van der Waals surface area contributed by atoms with Crippen molar-refractivity contribution in [1.82, 2.24) is 9.13 Å². The molecule has 0 spiro atoms. The van der Waals surface area contributed by atoms with Crippen LogP contribution in [0.4, 0.5) is 0 Å². The van der Waals surface area contributed by atoms with Gasteiger partial charge in [-0.1, -0.05) is 0 Å². The van der Waals surface area contributed by atoms with E-state index in [1.807, 2.05) is 0 Å². The number of carbonyl (C=O) groups is 1. The molecule has 1 aromatic carbocycles. The molecule has 0 bridgehead atoms. The Labute approximate surface area is 106 Å². The molecule has 19 heavy (non-hydrogen) atoms. The van der Waals surface area contributed by atoms with E-state index in [4.69, 9.17) is 5.11 Å². The zero-order chi connectivity index (χ0) is 14.2. The highest BCUT2D eigenvalue weighted by Gasteiger charge is 2.10. The van der Waals surface area contributed by atoms with E-state index in [0.717, 1.165) is 15.2 Å². The summed E-state index contributed by atoms with van der Waals surface area (Å²) < 4.78 is 1.75. The first-order chi connectivity index (χ1) is 8.91. The summed E-state index contributed by atoms with van der Waals surface area (Å²) in [6, 6.07) is 6.19. The molecule has 1 heterocycles. The zero-order valence-electron chi connectivity index (χ0n) is 9.90. The second kappa shape index (κ2) is 4.45. The summed E-state index contributed by atoms with van der Waals surface area (Å²) in [5, 5.41) is 18.1. The number of hydrogen-bond donors (Lipinski definition) is 2. The van der Waals surface area contributed by atoms with E-state index < -0.39 is 23.1 Å². The van der Waals surface area contributed by atoms with E-state index >= 15 is 0 Å². The Kier molecular flexibility index (Phi) is 2.95. The Morgan fingerprint density at radius 1 is 1.16 bits per heavy atom. The molecule has 1 aromatic heterocycles. The summed E-state index contributed by atoms with van der Waals surface area (Å²) in [4.78, 5) is 34.3. The minimum Gasteiger partial charge on any atom is -0.494 e. The molecule has 7 heteroatoms. The Morgan fingerprint density at radius 3 is 2.26 bits per heavy atom. The van der Waals surface area contributed by atoms with Gasteiger partial charge in [0.15, 0.2) is 5.88 Å². The number of carboxylic acids is 1. The van der Waals surface area contributed by atoms with Crippen LogP contribution in [0.3, 0.4) is 0 Å². The third-order valence-electron chi connectivity index (χ3n) is 2.67. The molecule has 0 unspecified atom stereocenters. The number of nitrogens with zero attached hydrogens (tertiary/aromatic N) is 2. The van der Waals surface area contributed by atoms with Crippen LogP contribution in [0, 0.1) is 0 Å². The van der Waals surface area contributed by atoms with Crippen LogP contribution in [0.2, 0.25) is 0 Å². The maximum atomic E-state index is 11.9. The first kappa shape index (κ1) is 12.6. The van der Waals surface area contributed by atoms with Crippen molar-refractivity contribution in [3.05, 3.63) is 56.7 Å². The molecule has 0 saturated heterocycles. The van der Waals surface area contributed by atoms with Crippen molar-refractivity contribution < 1.29 is 15.0 Å². The fourth-order valence-electron chi connectivity index (χ4n) is 1.60. The van der Waals surface area contributed by atoms with E-state index in [-0.39, 0.29) is 11.3 Å². The number of hydrogen-bond acceptors (Lipinski definition) is 4. The Bertz CT molecular complexity index is 755. The average Bonchev–Trinajstić information content (AvgIpc) is 2.37. The van der Waals surface area contributed by atoms with Crippen molar-refractivity contribution in [2.45, 2.75) is 0 Å². The third-order valence-corrected chi connectivity index (χ3v) is 2.67. The molecule has 2 N–H and O–H groups in total. The van der Waals surface area contributed by atoms with Gasteiger partial charge in [-0.15, -0.1) is 0 Å². The molecule has 0 radical (unpaired) electrons. The first-order valence-electron chi connectivity index (χ1n) is 5.27. The van der Waals surface area contributed by atoms with Gasteiger partial charge in [-0.3, -0.25) is 9.36 Å². The number of aromatic hydroxyl groups is 1. The SMILES string of the molecule is Cn1c(O)cc(=O)n(-c2ccc(C(=O)O)cc2)c1=O. The van der Waals surface area contributed by atoms with Crippen LogP contribution >= 0.6 is 0 Å². The largest absolute Gasteiger partial charge is 0.494 e. The lowest BCUT2D eigenvalue weighted by Gasteiger charge is -2.08. The van der Waals surface area contributed by atoms with Crippen LogP contribution in [-0.4, -0.2) is 25.3 Å². The van der Waals surface area contributed by atoms with Crippen LogP contribution in [0.1, 0.15) is 10.4 Å². The average molecular weight is 262 g/mol. The van der Waals surface area contributed by atoms with Crippen molar-refractivity contribution >= 4 is 5.97 Å². The maximum Gasteiger partial charge on any atom is 0.338 e. The molecule has 0 aliphatic carbocycles. The van der Waals surface area contributed by atoms with Crippen molar-refractivity contribution in [2.75, 3.05) is 0 Å². The lowest BCUT2D eigenvalue weighted by Crippen LogP contribution is -2.36. The van der Waals surface area contributed by atoms with Gasteiger partial charge in [0.25, 0.3) is 5.56 Å². The minimum atomic E-state index is -1.10. The topological polar surface area (TPSA) is 102 Å². The van der Waals surface area contributed by atoms with Gasteiger partial charge in [0.1, 0.15) is 0 Å². The van der Waals surface area contributed by atoms with Crippen LogP contribution in [0.25, 0.3) is 5.69 Å². The summed E-state index contributed by atoms with van der Waals surface area (Å²) in [5.41, 5.74) is -1.13. The maximum absolute atomic E-state index is 11.9. The van der Waals surface area contributed by atoms with Crippen molar-refractivity contribution in [3.63, 3.8) is 0 Å². The number of benzene rings is 1. The Morgan fingerprint density at radius 2 is 1.74 bits per heavy atom. The summed E-state index contributed by atoms with van der Waals surface area (Å²) in [5.74, 6) is -1.54. The quantitative estimate of drug-likeness (QED) is 0.789. The third kappa shape index (κ3) is 2.13. The van der Waals surface area contributed by atoms with Gasteiger partial charge in [0.2, 0.25) is 0 Å². The zero-order valence-corrected chi connectivity index (χ0v) is 9.90. The number of aromatic carboxylic acids is 1. The van der Waals surface area contributed by atoms with Gasteiger partial charge in [-0.2, -0.15) is 0 Å². The van der Waals surface area contributed by atoms with Crippen molar-refractivity contribution in [3.8, 4) is 11.6 Å². The van der Waals surface area contributed by atoms with Crippen LogP contribution < -0.4 is 11.2 Å². The molecule has 0 fully saturated rings. The highest BCUT2D eigenvalue weighted by molar-refractivity contribution is 5.87. The normalized spacial score (nSPS) is 10.4. The van der Waals surface area contributed by atoms with Gasteiger partial charge in [-0.05, 0) is 24.3 Å². The fraction of sp³-hybridized carbons (Fsp3) is 0.0833. The molecular formula is C12H10N2O5. The van der Waals surface area contributed by atoms with Gasteiger partial charge < -0.3 is 10.2 Å². The predicted octanol–water partition coefficient (Wildman–Crippen LogP) is -0.0600. The molecule has 0 atom stereocenters. The smallest absolute Gasteiger partial charge is 0.338 e. The summed E-state index contributed by atoms with van der Waals surface area (Å²) in [7, 11) is 1.32. The highest BCUT2D eigenvalue weighted by atomic mass is 16.4. The molecular weight excluding hydrogens is 252 g/mol. The van der Waals surface area contributed by atoms with Crippen LogP contribution in [0.15, 0.2) is 39.9 Å². The molecule has 0 aliphatic heterocycles. The number of rotatable bonds is 2. The van der Waals surface area contributed by atoms with E-state index in [9.17, 15) is 19.5 Å². The van der Waals surface area contributed by atoms with E-state index in [0.29, 0.717) is 0 Å². The monoisotopic (exact) mass is 262 g/mol. The Balaban J connectivity index is 2.66. The predicted molar refractivity (Wildman–Crippen MR) is 65.9 cm³/mol. The fourth-order valence-corrected chi connectivity index (χ4v) is 1.60. The summed E-state index contributed by atoms with van der Waals surface area (Å²) in [6.07, 6.45) is 0. The lowest BCUT2D eigenvalue weighted by atomic mass is 10.2. The lowest BCUT2D eigenvalue weighted by molar-refractivity contribution is 0.0697. The van der Waals surface area contributed by atoms with Gasteiger partial charge in [-0.25, -0.2) is 14.2 Å². The summed E-state index contributed by atoms with van der Waals surface area (Å²) in [6.45, 7) is 0. The second-order valence-corrected chi connectivity index (χ2v) is 3.87. The van der Waals surface area contributed by atoms with E-state index in [1.54, 1.807) is 0 Å². The van der Waals surface area contributed by atoms with Gasteiger partial charge in [0, 0.05) is 7.05 Å². The van der Waals surface area contributed by atoms with Gasteiger partial charge >= 0.3 is 11.7 Å². The molecule has 2 aromatic rings. The molecule has 0 saturated carbocycles. The molecule has 2 rings (SSSR count). The van der Waals surface area contributed by atoms with Crippen LogP contribution in [0.5, 0.6) is 5.88 Å². The molecule has 0 amide bonds. The van der Waals surface area contributed by atoms with Gasteiger partial charge in [0.05, 0.1) is 17.3 Å². The molecule has 98 valence electrons. The van der Waals surface area contributed by atoms with E-state index in [2.05, 4.69) is 0 Å². The summed E-state index contributed by atoms with van der Waals surface area (Å²) >= 11 is 0. The highest BCUT2D eigenvalue weighted by Crippen LogP contribution is 2.07.